The number of halogens is 2. The van der Waals surface area contributed by atoms with Gasteiger partial charge in [-0.05, 0) is 12.1 Å². The molecule has 0 aliphatic carbocycles. The van der Waals surface area contributed by atoms with Crippen LogP contribution >= 0.6 is 12.4 Å². The second kappa shape index (κ2) is 4.06. The largest absolute Gasteiger partial charge is 0.373 e. The van der Waals surface area contributed by atoms with Crippen molar-refractivity contribution in [3.05, 3.63) is 24.1 Å². The highest BCUT2D eigenvalue weighted by molar-refractivity contribution is 5.85. The molecule has 0 spiro atoms. The van der Waals surface area contributed by atoms with E-state index in [0.29, 0.717) is 5.82 Å². The average molecular weight is 163 g/mol. The molecule has 0 fully saturated rings. The third kappa shape index (κ3) is 2.19. The lowest BCUT2D eigenvalue weighted by Crippen LogP contribution is -1.90. The van der Waals surface area contributed by atoms with E-state index in [1.54, 1.807) is 13.1 Å². The summed E-state index contributed by atoms with van der Waals surface area (Å²) in [4.78, 5) is 3.71. The zero-order valence-corrected chi connectivity index (χ0v) is 6.28. The molecule has 0 atom stereocenters. The Balaban J connectivity index is 0.000000810. The number of hydrogen-bond donors (Lipinski definition) is 1. The maximum absolute atomic E-state index is 12.1. The Morgan fingerprint density at radius 3 is 2.60 bits per heavy atom. The van der Waals surface area contributed by atoms with Gasteiger partial charge < -0.3 is 5.32 Å². The zero-order valence-electron chi connectivity index (χ0n) is 5.47. The summed E-state index contributed by atoms with van der Waals surface area (Å²) < 4.78 is 12.1. The number of nitrogens with one attached hydrogen (secondary N) is 1. The second-order valence-electron chi connectivity index (χ2n) is 1.61. The van der Waals surface area contributed by atoms with Crippen molar-refractivity contribution >= 4 is 18.2 Å². The zero-order chi connectivity index (χ0) is 6.69. The van der Waals surface area contributed by atoms with Crippen molar-refractivity contribution in [2.45, 2.75) is 0 Å². The number of hydrogen-bond acceptors (Lipinski definition) is 2. The quantitative estimate of drug-likeness (QED) is 0.680. The smallest absolute Gasteiger partial charge is 0.141 e. The molecule has 0 aromatic carbocycles. The second-order valence-corrected chi connectivity index (χ2v) is 1.61. The molecule has 2 nitrogen and oxygen atoms in total. The maximum Gasteiger partial charge on any atom is 0.141 e. The van der Waals surface area contributed by atoms with Crippen LogP contribution in [0.25, 0.3) is 0 Å². The lowest BCUT2D eigenvalue weighted by Gasteiger charge is -1.94. The maximum atomic E-state index is 12.1. The van der Waals surface area contributed by atoms with Crippen molar-refractivity contribution in [1.82, 2.24) is 4.98 Å². The van der Waals surface area contributed by atoms with Crippen molar-refractivity contribution in [2.24, 2.45) is 0 Å². The molecule has 0 bridgehead atoms. The van der Waals surface area contributed by atoms with Gasteiger partial charge in [-0.15, -0.1) is 12.4 Å². The van der Waals surface area contributed by atoms with Crippen LogP contribution in [0.3, 0.4) is 0 Å². The van der Waals surface area contributed by atoms with Crippen LogP contribution in [-0.4, -0.2) is 12.0 Å². The van der Waals surface area contributed by atoms with Crippen LogP contribution < -0.4 is 5.32 Å². The first-order valence-electron chi connectivity index (χ1n) is 2.62. The number of pyridine rings is 1. The standard InChI is InChI=1S/C6H7FN2.ClH/c1-8-6-3-2-5(7)4-9-6;/h2-4H,1H3,(H,8,9);1H. The summed E-state index contributed by atoms with van der Waals surface area (Å²) >= 11 is 0. The molecule has 0 saturated carbocycles. The molecular formula is C6H8ClFN2. The molecule has 10 heavy (non-hydrogen) atoms. The van der Waals surface area contributed by atoms with Crippen LogP contribution in [-0.2, 0) is 0 Å². The Kier molecular flexibility index (Phi) is 3.72. The normalized spacial score (nSPS) is 8.20. The Hall–Kier alpha value is -0.830. The minimum Gasteiger partial charge on any atom is -0.373 e. The number of anilines is 1. The fourth-order valence-corrected chi connectivity index (χ4v) is 0.524. The first kappa shape index (κ1) is 9.17. The fraction of sp³-hybridized carbons (Fsp3) is 0.167. The van der Waals surface area contributed by atoms with Gasteiger partial charge in [0.25, 0.3) is 0 Å². The van der Waals surface area contributed by atoms with Gasteiger partial charge in [0.15, 0.2) is 0 Å². The third-order valence-corrected chi connectivity index (χ3v) is 0.984. The van der Waals surface area contributed by atoms with E-state index in [-0.39, 0.29) is 18.2 Å². The van der Waals surface area contributed by atoms with E-state index >= 15 is 0 Å². The summed E-state index contributed by atoms with van der Waals surface area (Å²) in [5.41, 5.74) is 0. The summed E-state index contributed by atoms with van der Waals surface area (Å²) in [6.45, 7) is 0. The first-order chi connectivity index (χ1) is 4.33. The molecule has 1 heterocycles. The van der Waals surface area contributed by atoms with Gasteiger partial charge >= 0.3 is 0 Å². The van der Waals surface area contributed by atoms with E-state index in [1.807, 2.05) is 0 Å². The van der Waals surface area contributed by atoms with E-state index < -0.39 is 0 Å². The van der Waals surface area contributed by atoms with E-state index in [9.17, 15) is 4.39 Å². The number of aromatic nitrogens is 1. The van der Waals surface area contributed by atoms with E-state index in [2.05, 4.69) is 10.3 Å². The summed E-state index contributed by atoms with van der Waals surface area (Å²) in [5.74, 6) is 0.366. The van der Waals surface area contributed by atoms with Crippen molar-refractivity contribution in [2.75, 3.05) is 12.4 Å². The molecule has 1 rings (SSSR count). The Morgan fingerprint density at radius 2 is 2.20 bits per heavy atom. The molecule has 56 valence electrons. The molecule has 1 aromatic heterocycles. The van der Waals surface area contributed by atoms with Crippen molar-refractivity contribution < 1.29 is 4.39 Å². The van der Waals surface area contributed by atoms with Gasteiger partial charge in [-0.25, -0.2) is 9.37 Å². The Labute approximate surface area is 64.9 Å². The fourth-order valence-electron chi connectivity index (χ4n) is 0.524. The van der Waals surface area contributed by atoms with Gasteiger partial charge in [-0.2, -0.15) is 0 Å². The van der Waals surface area contributed by atoms with E-state index in [4.69, 9.17) is 0 Å². The summed E-state index contributed by atoms with van der Waals surface area (Å²) in [7, 11) is 1.74. The molecule has 1 aromatic rings. The SMILES string of the molecule is CNc1ccc(F)cn1.Cl. The highest BCUT2D eigenvalue weighted by Crippen LogP contribution is 2.00. The van der Waals surface area contributed by atoms with Gasteiger partial charge in [0, 0.05) is 7.05 Å². The van der Waals surface area contributed by atoms with Crippen LogP contribution in [0.2, 0.25) is 0 Å². The van der Waals surface area contributed by atoms with Crippen LogP contribution in [0.1, 0.15) is 0 Å². The molecule has 0 amide bonds. The first-order valence-corrected chi connectivity index (χ1v) is 2.62. The minimum atomic E-state index is -0.311. The topological polar surface area (TPSA) is 24.9 Å². The van der Waals surface area contributed by atoms with Crippen LogP contribution in [0, 0.1) is 5.82 Å². The molecule has 0 aliphatic heterocycles. The molecule has 0 unspecified atom stereocenters. The summed E-state index contributed by atoms with van der Waals surface area (Å²) in [5, 5.41) is 2.78. The van der Waals surface area contributed by atoms with Gasteiger partial charge in [0.1, 0.15) is 11.6 Å². The number of rotatable bonds is 1. The summed E-state index contributed by atoms with van der Waals surface area (Å²) in [6.07, 6.45) is 1.17. The van der Waals surface area contributed by atoms with Gasteiger partial charge in [-0.3, -0.25) is 0 Å². The van der Waals surface area contributed by atoms with Gasteiger partial charge in [0.2, 0.25) is 0 Å². The lowest BCUT2D eigenvalue weighted by atomic mass is 10.4. The minimum absolute atomic E-state index is 0. The third-order valence-electron chi connectivity index (χ3n) is 0.984. The van der Waals surface area contributed by atoms with E-state index in [0.717, 1.165) is 0 Å². The Bertz CT molecular complexity index is 187. The van der Waals surface area contributed by atoms with Gasteiger partial charge in [-0.1, -0.05) is 0 Å². The van der Waals surface area contributed by atoms with Crippen molar-refractivity contribution in [3.8, 4) is 0 Å². The van der Waals surface area contributed by atoms with E-state index in [1.165, 1.54) is 12.3 Å². The highest BCUT2D eigenvalue weighted by Gasteiger charge is 1.88. The monoisotopic (exact) mass is 162 g/mol. The predicted octanol–water partition coefficient (Wildman–Crippen LogP) is 1.68. The molecule has 0 saturated heterocycles. The number of nitrogens with zero attached hydrogens (tertiary/aromatic N) is 1. The summed E-state index contributed by atoms with van der Waals surface area (Å²) in [6, 6.07) is 2.94. The molecular weight excluding hydrogens is 155 g/mol. The Morgan fingerprint density at radius 1 is 1.50 bits per heavy atom. The molecule has 0 radical (unpaired) electrons. The highest BCUT2D eigenvalue weighted by atomic mass is 35.5. The van der Waals surface area contributed by atoms with Crippen LogP contribution in [0.15, 0.2) is 18.3 Å². The van der Waals surface area contributed by atoms with Crippen LogP contribution in [0.5, 0.6) is 0 Å². The van der Waals surface area contributed by atoms with Crippen molar-refractivity contribution in [1.29, 1.82) is 0 Å². The molecule has 1 N–H and O–H groups in total. The molecule has 4 heteroatoms. The van der Waals surface area contributed by atoms with Crippen molar-refractivity contribution in [3.63, 3.8) is 0 Å². The van der Waals surface area contributed by atoms with Crippen LogP contribution in [0.4, 0.5) is 10.2 Å². The van der Waals surface area contributed by atoms with Gasteiger partial charge in [0.05, 0.1) is 6.20 Å². The average Bonchev–Trinajstić information content (AvgIpc) is 1.90. The lowest BCUT2D eigenvalue weighted by molar-refractivity contribution is 0.622. The molecule has 0 aliphatic rings. The predicted molar refractivity (Wildman–Crippen MR) is 41.0 cm³/mol.